The van der Waals surface area contributed by atoms with E-state index in [4.69, 9.17) is 5.73 Å². The minimum Gasteiger partial charge on any atom is -0.366 e. The van der Waals surface area contributed by atoms with Gasteiger partial charge in [-0.15, -0.1) is 0 Å². The SMILES string of the molecule is Cc1cc(C(N)=O)ccc1-c1cc(F)c(CNCCC(C)C)cc1F. The first-order valence-electron chi connectivity index (χ1n) is 8.39. The van der Waals surface area contributed by atoms with Crippen molar-refractivity contribution < 1.29 is 13.6 Å². The average Bonchev–Trinajstić information content (AvgIpc) is 2.54. The second-order valence-electron chi connectivity index (χ2n) is 6.68. The van der Waals surface area contributed by atoms with Crippen LogP contribution in [0.15, 0.2) is 30.3 Å². The van der Waals surface area contributed by atoms with Crippen molar-refractivity contribution in [1.82, 2.24) is 5.32 Å². The molecule has 2 aromatic rings. The molecule has 5 heteroatoms. The maximum Gasteiger partial charge on any atom is 0.248 e. The minimum absolute atomic E-state index is 0.178. The molecule has 2 rings (SSSR count). The summed E-state index contributed by atoms with van der Waals surface area (Å²) >= 11 is 0. The normalized spacial score (nSPS) is 11.1. The lowest BCUT2D eigenvalue weighted by Crippen LogP contribution is -2.17. The van der Waals surface area contributed by atoms with Crippen LogP contribution in [0.1, 0.15) is 41.8 Å². The standard InChI is InChI=1S/C20H24F2N2O/c1-12(2)6-7-24-11-15-9-19(22)17(10-18(15)21)16-5-4-14(20(23)25)8-13(16)3/h4-5,8-10,12,24H,6-7,11H2,1-3H3,(H2,23,25). The molecule has 0 saturated carbocycles. The molecule has 0 bridgehead atoms. The molecule has 2 aromatic carbocycles. The maximum absolute atomic E-state index is 14.5. The van der Waals surface area contributed by atoms with Crippen molar-refractivity contribution in [3.05, 3.63) is 58.7 Å². The van der Waals surface area contributed by atoms with Gasteiger partial charge >= 0.3 is 0 Å². The molecule has 25 heavy (non-hydrogen) atoms. The predicted molar refractivity (Wildman–Crippen MR) is 96.2 cm³/mol. The Labute approximate surface area is 147 Å². The average molecular weight is 346 g/mol. The Hall–Kier alpha value is -2.27. The number of amides is 1. The molecule has 3 nitrogen and oxygen atoms in total. The molecule has 0 fully saturated rings. The van der Waals surface area contributed by atoms with E-state index in [1.165, 1.54) is 18.2 Å². The number of aryl methyl sites for hydroxylation is 1. The summed E-state index contributed by atoms with van der Waals surface area (Å²) in [6.45, 7) is 7.01. The molecule has 1 amide bonds. The number of nitrogens with one attached hydrogen (secondary N) is 1. The number of benzene rings is 2. The van der Waals surface area contributed by atoms with Crippen LogP contribution in [0.3, 0.4) is 0 Å². The van der Waals surface area contributed by atoms with Gasteiger partial charge in [-0.3, -0.25) is 4.79 Å². The Morgan fingerprint density at radius 3 is 2.44 bits per heavy atom. The summed E-state index contributed by atoms with van der Waals surface area (Å²) in [5.41, 5.74) is 7.27. The van der Waals surface area contributed by atoms with E-state index in [-0.39, 0.29) is 12.1 Å². The van der Waals surface area contributed by atoms with Gasteiger partial charge in [0.2, 0.25) is 5.91 Å². The van der Waals surface area contributed by atoms with Crippen LogP contribution < -0.4 is 11.1 Å². The number of primary amides is 1. The molecule has 0 saturated heterocycles. The van der Waals surface area contributed by atoms with E-state index >= 15 is 0 Å². The maximum atomic E-state index is 14.5. The lowest BCUT2D eigenvalue weighted by Gasteiger charge is -2.12. The monoisotopic (exact) mass is 346 g/mol. The van der Waals surface area contributed by atoms with Crippen LogP contribution >= 0.6 is 0 Å². The number of halogens is 2. The van der Waals surface area contributed by atoms with Gasteiger partial charge in [-0.2, -0.15) is 0 Å². The van der Waals surface area contributed by atoms with Gasteiger partial charge in [-0.05, 0) is 61.2 Å². The van der Waals surface area contributed by atoms with Crippen molar-refractivity contribution in [3.63, 3.8) is 0 Å². The van der Waals surface area contributed by atoms with E-state index < -0.39 is 17.5 Å². The Morgan fingerprint density at radius 1 is 1.12 bits per heavy atom. The number of hydrogen-bond donors (Lipinski definition) is 2. The zero-order valence-corrected chi connectivity index (χ0v) is 14.8. The molecule has 3 N–H and O–H groups in total. The van der Waals surface area contributed by atoms with Crippen LogP contribution in [0.2, 0.25) is 0 Å². The highest BCUT2D eigenvalue weighted by Crippen LogP contribution is 2.29. The number of carbonyl (C=O) groups is 1. The Morgan fingerprint density at radius 2 is 1.84 bits per heavy atom. The molecule has 0 radical (unpaired) electrons. The van der Waals surface area contributed by atoms with Gasteiger partial charge in [0.25, 0.3) is 0 Å². The zero-order valence-electron chi connectivity index (χ0n) is 14.8. The third-order valence-corrected chi connectivity index (χ3v) is 4.15. The summed E-state index contributed by atoms with van der Waals surface area (Å²) in [7, 11) is 0. The summed E-state index contributed by atoms with van der Waals surface area (Å²) in [5, 5.41) is 3.13. The molecular weight excluding hydrogens is 322 g/mol. The smallest absolute Gasteiger partial charge is 0.248 e. The van der Waals surface area contributed by atoms with Crippen LogP contribution in [0.5, 0.6) is 0 Å². The number of nitrogens with two attached hydrogens (primary N) is 1. The largest absolute Gasteiger partial charge is 0.366 e. The molecule has 0 aliphatic carbocycles. The fraction of sp³-hybridized carbons (Fsp3) is 0.350. The summed E-state index contributed by atoms with van der Waals surface area (Å²) in [6, 6.07) is 7.13. The van der Waals surface area contributed by atoms with Crippen molar-refractivity contribution >= 4 is 5.91 Å². The van der Waals surface area contributed by atoms with Gasteiger partial charge in [-0.25, -0.2) is 8.78 Å². The molecule has 0 aliphatic heterocycles. The molecular formula is C20H24F2N2O. The summed E-state index contributed by atoms with van der Waals surface area (Å²) < 4.78 is 28.9. The minimum atomic E-state index is -0.552. The molecule has 0 atom stereocenters. The van der Waals surface area contributed by atoms with Crippen molar-refractivity contribution in [2.24, 2.45) is 11.7 Å². The van der Waals surface area contributed by atoms with Crippen LogP contribution in [0.4, 0.5) is 8.78 Å². The molecule has 0 heterocycles. The molecule has 0 aromatic heterocycles. The van der Waals surface area contributed by atoms with Crippen LogP contribution in [0.25, 0.3) is 11.1 Å². The Bertz CT molecular complexity index is 773. The summed E-state index contributed by atoms with van der Waals surface area (Å²) in [5.74, 6) is -0.934. The van der Waals surface area contributed by atoms with Crippen LogP contribution in [-0.2, 0) is 6.54 Å². The first kappa shape index (κ1) is 19.1. The molecule has 0 aliphatic rings. The van der Waals surface area contributed by atoms with E-state index in [2.05, 4.69) is 19.2 Å². The number of carbonyl (C=O) groups excluding carboxylic acids is 1. The third-order valence-electron chi connectivity index (χ3n) is 4.15. The lowest BCUT2D eigenvalue weighted by atomic mass is 9.96. The van der Waals surface area contributed by atoms with E-state index in [0.717, 1.165) is 13.0 Å². The van der Waals surface area contributed by atoms with Gasteiger partial charge in [-0.1, -0.05) is 19.9 Å². The van der Waals surface area contributed by atoms with Crippen molar-refractivity contribution in [1.29, 1.82) is 0 Å². The predicted octanol–water partition coefficient (Wildman–Crippen LogP) is 4.17. The number of hydrogen-bond acceptors (Lipinski definition) is 2. The van der Waals surface area contributed by atoms with Gasteiger partial charge in [0.05, 0.1) is 0 Å². The summed E-state index contributed by atoms with van der Waals surface area (Å²) in [6.07, 6.45) is 0.980. The van der Waals surface area contributed by atoms with Crippen molar-refractivity contribution in [2.45, 2.75) is 33.7 Å². The fourth-order valence-corrected chi connectivity index (χ4v) is 2.66. The van der Waals surface area contributed by atoms with E-state index in [1.54, 1.807) is 19.1 Å². The van der Waals surface area contributed by atoms with E-state index in [9.17, 15) is 13.6 Å². The highest BCUT2D eigenvalue weighted by Gasteiger charge is 2.14. The van der Waals surface area contributed by atoms with E-state index in [1.807, 2.05) is 0 Å². The van der Waals surface area contributed by atoms with Gasteiger partial charge < -0.3 is 11.1 Å². The highest BCUT2D eigenvalue weighted by molar-refractivity contribution is 5.93. The molecule has 0 spiro atoms. The van der Waals surface area contributed by atoms with Gasteiger partial charge in [0, 0.05) is 23.2 Å². The topological polar surface area (TPSA) is 55.1 Å². The van der Waals surface area contributed by atoms with E-state index in [0.29, 0.717) is 28.2 Å². The third kappa shape index (κ3) is 4.86. The first-order valence-corrected chi connectivity index (χ1v) is 8.39. The quantitative estimate of drug-likeness (QED) is 0.739. The highest BCUT2D eigenvalue weighted by atomic mass is 19.1. The summed E-state index contributed by atoms with van der Waals surface area (Å²) in [4.78, 5) is 11.2. The zero-order chi connectivity index (χ0) is 18.6. The molecule has 134 valence electrons. The second kappa shape index (κ2) is 8.21. The fourth-order valence-electron chi connectivity index (χ4n) is 2.66. The van der Waals surface area contributed by atoms with Crippen molar-refractivity contribution in [2.75, 3.05) is 6.54 Å². The van der Waals surface area contributed by atoms with Crippen molar-refractivity contribution in [3.8, 4) is 11.1 Å². The molecule has 0 unspecified atom stereocenters. The Kier molecular flexibility index (Phi) is 6.26. The lowest BCUT2D eigenvalue weighted by molar-refractivity contribution is 0.1000. The van der Waals surface area contributed by atoms with Gasteiger partial charge in [0.1, 0.15) is 11.6 Å². The first-order chi connectivity index (χ1) is 11.8. The Balaban J connectivity index is 2.23. The van der Waals surface area contributed by atoms with Crippen LogP contribution in [0, 0.1) is 24.5 Å². The number of rotatable bonds is 7. The van der Waals surface area contributed by atoms with Gasteiger partial charge in [0.15, 0.2) is 0 Å². The van der Waals surface area contributed by atoms with Crippen LogP contribution in [-0.4, -0.2) is 12.5 Å². The second-order valence-corrected chi connectivity index (χ2v) is 6.68.